The van der Waals surface area contributed by atoms with Gasteiger partial charge in [-0.1, -0.05) is 30.3 Å². The first-order valence-electron chi connectivity index (χ1n) is 7.81. The number of benzene rings is 2. The van der Waals surface area contributed by atoms with E-state index in [1.54, 1.807) is 18.2 Å². The predicted molar refractivity (Wildman–Crippen MR) is 98.2 cm³/mol. The standard InChI is InChI=1S/C19H21NO4S/c1-12-8-7-9-13(2)17(12)20-18(21)14(3)24-19(22)15-10-5-6-11-16(15)25(4)23/h5-11,14H,1-4H3,(H,20,21)/t14-,25-/m0/s1. The van der Waals surface area contributed by atoms with Gasteiger partial charge < -0.3 is 10.1 Å². The quantitative estimate of drug-likeness (QED) is 0.832. The summed E-state index contributed by atoms with van der Waals surface area (Å²) in [4.78, 5) is 25.1. The first-order chi connectivity index (χ1) is 11.8. The van der Waals surface area contributed by atoms with Crippen LogP contribution in [0.3, 0.4) is 0 Å². The van der Waals surface area contributed by atoms with E-state index >= 15 is 0 Å². The van der Waals surface area contributed by atoms with Crippen molar-refractivity contribution in [3.63, 3.8) is 0 Å². The fourth-order valence-electron chi connectivity index (χ4n) is 2.40. The Kier molecular flexibility index (Phi) is 6.09. The maximum atomic E-state index is 12.4. The van der Waals surface area contributed by atoms with E-state index in [4.69, 9.17) is 4.74 Å². The zero-order valence-corrected chi connectivity index (χ0v) is 15.5. The number of rotatable bonds is 5. The van der Waals surface area contributed by atoms with Gasteiger partial charge in [0.2, 0.25) is 0 Å². The summed E-state index contributed by atoms with van der Waals surface area (Å²) in [7, 11) is -1.33. The summed E-state index contributed by atoms with van der Waals surface area (Å²) in [6, 6.07) is 12.2. The Morgan fingerprint density at radius 2 is 1.64 bits per heavy atom. The smallest absolute Gasteiger partial charge is 0.340 e. The lowest BCUT2D eigenvalue weighted by atomic mass is 10.1. The molecule has 1 N–H and O–H groups in total. The molecule has 0 saturated heterocycles. The van der Waals surface area contributed by atoms with E-state index in [-0.39, 0.29) is 5.56 Å². The molecule has 132 valence electrons. The summed E-state index contributed by atoms with van der Waals surface area (Å²) < 4.78 is 17.0. The third-order valence-corrected chi connectivity index (χ3v) is 4.77. The summed E-state index contributed by atoms with van der Waals surface area (Å²) >= 11 is 0. The fraction of sp³-hybridized carbons (Fsp3) is 0.263. The first kappa shape index (κ1) is 18.9. The van der Waals surface area contributed by atoms with Crippen molar-refractivity contribution in [2.24, 2.45) is 0 Å². The Balaban J connectivity index is 2.11. The molecule has 0 radical (unpaired) electrons. The van der Waals surface area contributed by atoms with E-state index in [1.807, 2.05) is 32.0 Å². The minimum atomic E-state index is -1.33. The number of para-hydroxylation sites is 1. The van der Waals surface area contributed by atoms with Crippen LogP contribution in [0.2, 0.25) is 0 Å². The molecule has 0 unspecified atom stereocenters. The highest BCUT2D eigenvalue weighted by molar-refractivity contribution is 7.84. The van der Waals surface area contributed by atoms with Crippen molar-refractivity contribution in [1.82, 2.24) is 0 Å². The van der Waals surface area contributed by atoms with Crippen molar-refractivity contribution >= 4 is 28.4 Å². The van der Waals surface area contributed by atoms with E-state index in [9.17, 15) is 13.8 Å². The molecule has 0 bridgehead atoms. The van der Waals surface area contributed by atoms with Crippen molar-refractivity contribution in [3.8, 4) is 0 Å². The van der Waals surface area contributed by atoms with Gasteiger partial charge in [-0.05, 0) is 44.0 Å². The van der Waals surface area contributed by atoms with Crippen LogP contribution in [0.5, 0.6) is 0 Å². The lowest BCUT2D eigenvalue weighted by Crippen LogP contribution is -2.30. The number of anilines is 1. The summed E-state index contributed by atoms with van der Waals surface area (Å²) in [5.74, 6) is -1.09. The third-order valence-electron chi connectivity index (χ3n) is 3.80. The molecule has 0 saturated carbocycles. The van der Waals surface area contributed by atoms with Gasteiger partial charge in [-0.3, -0.25) is 9.00 Å². The molecule has 2 aromatic rings. The lowest BCUT2D eigenvalue weighted by molar-refractivity contribution is -0.123. The summed E-state index contributed by atoms with van der Waals surface area (Å²) in [6.07, 6.45) is 0.508. The zero-order chi connectivity index (χ0) is 18.6. The van der Waals surface area contributed by atoms with Gasteiger partial charge in [0.05, 0.1) is 21.3 Å². The molecule has 0 aliphatic carbocycles. The number of nitrogens with one attached hydrogen (secondary N) is 1. The van der Waals surface area contributed by atoms with Crippen LogP contribution in [0.4, 0.5) is 5.69 Å². The third kappa shape index (κ3) is 4.54. The number of hydrogen-bond donors (Lipinski definition) is 1. The normalized spacial score (nSPS) is 13.0. The Hall–Kier alpha value is -2.47. The van der Waals surface area contributed by atoms with Gasteiger partial charge in [0.25, 0.3) is 5.91 Å². The van der Waals surface area contributed by atoms with Crippen molar-refractivity contribution in [2.75, 3.05) is 11.6 Å². The first-order valence-corrected chi connectivity index (χ1v) is 9.37. The lowest BCUT2D eigenvalue weighted by Gasteiger charge is -2.16. The average molecular weight is 359 g/mol. The number of amides is 1. The van der Waals surface area contributed by atoms with Gasteiger partial charge in [0.1, 0.15) is 0 Å². The molecular weight excluding hydrogens is 338 g/mol. The van der Waals surface area contributed by atoms with Gasteiger partial charge in [-0.2, -0.15) is 0 Å². The molecule has 0 aliphatic rings. The second kappa shape index (κ2) is 8.07. The molecule has 25 heavy (non-hydrogen) atoms. The van der Waals surface area contributed by atoms with Crippen LogP contribution < -0.4 is 5.32 Å². The minimum Gasteiger partial charge on any atom is -0.449 e. The maximum absolute atomic E-state index is 12.4. The van der Waals surface area contributed by atoms with Gasteiger partial charge in [0.15, 0.2) is 6.10 Å². The van der Waals surface area contributed by atoms with Crippen molar-refractivity contribution in [1.29, 1.82) is 0 Å². The molecule has 1 amide bonds. The van der Waals surface area contributed by atoms with Gasteiger partial charge in [-0.25, -0.2) is 4.79 Å². The Morgan fingerprint density at radius 1 is 1.04 bits per heavy atom. The molecule has 2 aromatic carbocycles. The van der Waals surface area contributed by atoms with E-state index in [2.05, 4.69) is 5.32 Å². The van der Waals surface area contributed by atoms with Crippen LogP contribution in [0.25, 0.3) is 0 Å². The highest BCUT2D eigenvalue weighted by Crippen LogP contribution is 2.20. The van der Waals surface area contributed by atoms with Crippen LogP contribution in [0, 0.1) is 13.8 Å². The number of esters is 1. The molecule has 0 heterocycles. The second-order valence-electron chi connectivity index (χ2n) is 5.75. The predicted octanol–water partition coefficient (Wildman–Crippen LogP) is 3.22. The highest BCUT2D eigenvalue weighted by Gasteiger charge is 2.22. The van der Waals surface area contributed by atoms with Gasteiger partial charge in [0, 0.05) is 11.9 Å². The SMILES string of the molecule is Cc1cccc(C)c1NC(=O)[C@H](C)OC(=O)c1ccccc1[S@](C)=O. The van der Waals surface area contributed by atoms with Crippen molar-refractivity contribution in [2.45, 2.75) is 31.8 Å². The number of aryl methyl sites for hydroxylation is 2. The van der Waals surface area contributed by atoms with E-state index in [1.165, 1.54) is 19.2 Å². The summed E-state index contributed by atoms with van der Waals surface area (Å²) in [6.45, 7) is 5.30. The maximum Gasteiger partial charge on any atom is 0.340 e. The molecule has 5 nitrogen and oxygen atoms in total. The zero-order valence-electron chi connectivity index (χ0n) is 14.7. The Labute approximate surface area is 149 Å². The molecule has 0 aliphatic heterocycles. The number of hydrogen-bond acceptors (Lipinski definition) is 4. The monoisotopic (exact) mass is 359 g/mol. The summed E-state index contributed by atoms with van der Waals surface area (Å²) in [5, 5.41) is 2.80. The Morgan fingerprint density at radius 3 is 2.24 bits per heavy atom. The molecule has 2 atom stereocenters. The molecule has 0 fully saturated rings. The molecule has 0 aromatic heterocycles. The Bertz CT molecular complexity index is 812. The number of carbonyl (C=O) groups excluding carboxylic acids is 2. The van der Waals surface area contributed by atoms with E-state index < -0.39 is 28.8 Å². The van der Waals surface area contributed by atoms with Gasteiger partial charge in [-0.15, -0.1) is 0 Å². The van der Waals surface area contributed by atoms with E-state index in [0.717, 1.165) is 11.1 Å². The molecular formula is C19H21NO4S. The fourth-order valence-corrected chi connectivity index (χ4v) is 3.13. The summed E-state index contributed by atoms with van der Waals surface area (Å²) in [5.41, 5.74) is 2.78. The largest absolute Gasteiger partial charge is 0.449 e. The van der Waals surface area contributed by atoms with Crippen molar-refractivity contribution < 1.29 is 18.5 Å². The molecule has 2 rings (SSSR count). The van der Waals surface area contributed by atoms with Crippen LogP contribution in [0.15, 0.2) is 47.4 Å². The minimum absolute atomic E-state index is 0.204. The van der Waals surface area contributed by atoms with Crippen LogP contribution in [0.1, 0.15) is 28.4 Å². The van der Waals surface area contributed by atoms with E-state index in [0.29, 0.717) is 10.6 Å². The number of ether oxygens (including phenoxy) is 1. The topological polar surface area (TPSA) is 72.5 Å². The number of carbonyl (C=O) groups is 2. The molecule has 0 spiro atoms. The molecule has 6 heteroatoms. The highest BCUT2D eigenvalue weighted by atomic mass is 32.2. The van der Waals surface area contributed by atoms with Gasteiger partial charge >= 0.3 is 5.97 Å². The average Bonchev–Trinajstić information content (AvgIpc) is 2.57. The van der Waals surface area contributed by atoms with Crippen LogP contribution >= 0.6 is 0 Å². The van der Waals surface area contributed by atoms with Crippen molar-refractivity contribution in [3.05, 3.63) is 59.2 Å². The van der Waals surface area contributed by atoms with Crippen LogP contribution in [-0.2, 0) is 20.3 Å². The second-order valence-corrected chi connectivity index (χ2v) is 7.10. The van der Waals surface area contributed by atoms with Crippen LogP contribution in [-0.4, -0.2) is 28.4 Å².